The third-order valence-electron chi connectivity index (χ3n) is 4.73. The van der Waals surface area contributed by atoms with Crippen LogP contribution >= 0.6 is 0 Å². The summed E-state index contributed by atoms with van der Waals surface area (Å²) in [4.78, 5) is 31.5. The summed E-state index contributed by atoms with van der Waals surface area (Å²) in [6, 6.07) is 6.92. The third kappa shape index (κ3) is 1.96. The molecule has 7 heteroatoms. The molecule has 0 bridgehead atoms. The molecule has 1 saturated heterocycles. The Morgan fingerprint density at radius 1 is 1.22 bits per heavy atom. The van der Waals surface area contributed by atoms with Gasteiger partial charge in [-0.05, 0) is 6.07 Å². The number of para-hydroxylation sites is 1. The zero-order chi connectivity index (χ0) is 16.8. The predicted octanol–water partition coefficient (Wildman–Crippen LogP) is 1.03. The molecule has 1 fully saturated rings. The van der Waals surface area contributed by atoms with Crippen LogP contribution in [-0.4, -0.2) is 50.3 Å². The van der Waals surface area contributed by atoms with Crippen LogP contribution in [0, 0.1) is 0 Å². The van der Waals surface area contributed by atoms with Gasteiger partial charge in [0, 0.05) is 26.0 Å². The lowest BCUT2D eigenvalue weighted by atomic mass is 9.91. The van der Waals surface area contributed by atoms with Gasteiger partial charge in [-0.1, -0.05) is 18.2 Å². The fourth-order valence-electron chi connectivity index (χ4n) is 3.81. The number of fused-ring (bicyclic) bond motifs is 3. The highest BCUT2D eigenvalue weighted by Gasteiger charge is 2.64. The fourth-order valence-corrected chi connectivity index (χ4v) is 3.81. The Morgan fingerprint density at radius 3 is 2.48 bits per heavy atom. The molecule has 1 amide bonds. The van der Waals surface area contributed by atoms with Crippen molar-refractivity contribution in [2.75, 3.05) is 26.4 Å². The molecule has 0 radical (unpaired) electrons. The van der Waals surface area contributed by atoms with E-state index >= 15 is 0 Å². The molecular formula is C16H20N2O5. The maximum Gasteiger partial charge on any atom is 0.328 e. The van der Waals surface area contributed by atoms with E-state index in [1.807, 2.05) is 24.3 Å². The number of amides is 1. The van der Waals surface area contributed by atoms with Crippen LogP contribution in [0.4, 0.5) is 5.69 Å². The summed E-state index contributed by atoms with van der Waals surface area (Å²) in [5.74, 6) is -0.696. The van der Waals surface area contributed by atoms with Crippen molar-refractivity contribution in [3.05, 3.63) is 29.8 Å². The Balaban J connectivity index is 2.18. The van der Waals surface area contributed by atoms with Gasteiger partial charge in [0.15, 0.2) is 6.17 Å². The minimum atomic E-state index is -0.836. The predicted molar refractivity (Wildman–Crippen MR) is 81.3 cm³/mol. The van der Waals surface area contributed by atoms with E-state index in [4.69, 9.17) is 14.3 Å². The van der Waals surface area contributed by atoms with Gasteiger partial charge in [-0.3, -0.25) is 9.63 Å². The number of carbonyl (C=O) groups is 2. The van der Waals surface area contributed by atoms with Crippen LogP contribution in [0.3, 0.4) is 0 Å². The number of esters is 1. The number of nitrogens with zero attached hydrogens (tertiary/aromatic N) is 2. The van der Waals surface area contributed by atoms with E-state index in [2.05, 4.69) is 0 Å². The van der Waals surface area contributed by atoms with Crippen LogP contribution in [0.5, 0.6) is 0 Å². The molecule has 0 N–H and O–H groups in total. The first-order valence-corrected chi connectivity index (χ1v) is 7.36. The minimum Gasteiger partial charge on any atom is -0.467 e. The van der Waals surface area contributed by atoms with Crippen molar-refractivity contribution in [1.82, 2.24) is 4.90 Å². The van der Waals surface area contributed by atoms with Crippen molar-refractivity contribution in [1.29, 1.82) is 0 Å². The van der Waals surface area contributed by atoms with Crippen molar-refractivity contribution in [3.63, 3.8) is 0 Å². The minimum absolute atomic E-state index is 0.237. The Hall–Kier alpha value is -2.12. The second-order valence-electron chi connectivity index (χ2n) is 5.66. The number of anilines is 1. The van der Waals surface area contributed by atoms with E-state index in [1.54, 1.807) is 12.2 Å². The van der Waals surface area contributed by atoms with Gasteiger partial charge >= 0.3 is 5.97 Å². The molecule has 7 nitrogen and oxygen atoms in total. The first-order valence-electron chi connectivity index (χ1n) is 7.36. The highest BCUT2D eigenvalue weighted by Crippen LogP contribution is 2.54. The molecule has 23 heavy (non-hydrogen) atoms. The van der Waals surface area contributed by atoms with Gasteiger partial charge < -0.3 is 14.4 Å². The summed E-state index contributed by atoms with van der Waals surface area (Å²) in [7, 11) is 4.43. The molecule has 0 unspecified atom stereocenters. The molecule has 2 heterocycles. The average molecular weight is 320 g/mol. The van der Waals surface area contributed by atoms with Crippen molar-refractivity contribution < 1.29 is 23.9 Å². The van der Waals surface area contributed by atoms with Crippen molar-refractivity contribution >= 4 is 17.6 Å². The Kier molecular flexibility index (Phi) is 3.77. The van der Waals surface area contributed by atoms with Gasteiger partial charge in [-0.25, -0.2) is 9.86 Å². The molecule has 3 rings (SSSR count). The van der Waals surface area contributed by atoms with Crippen LogP contribution in [0.2, 0.25) is 0 Å². The number of likely N-dealkylation sites (tertiary alicyclic amines) is 1. The molecule has 0 aromatic heterocycles. The molecule has 1 aromatic carbocycles. The van der Waals surface area contributed by atoms with Gasteiger partial charge in [0.2, 0.25) is 5.91 Å². The van der Waals surface area contributed by atoms with Crippen LogP contribution in [0.1, 0.15) is 18.9 Å². The third-order valence-corrected chi connectivity index (χ3v) is 4.73. The highest BCUT2D eigenvalue weighted by atomic mass is 16.7. The number of methoxy groups -OCH3 is 2. The Morgan fingerprint density at radius 2 is 1.91 bits per heavy atom. The summed E-state index contributed by atoms with van der Waals surface area (Å²) in [5.41, 5.74) is 0.889. The van der Waals surface area contributed by atoms with Gasteiger partial charge in [-0.2, -0.15) is 0 Å². The van der Waals surface area contributed by atoms with Crippen LogP contribution in [-0.2, 0) is 29.5 Å². The molecule has 1 aromatic rings. The highest BCUT2D eigenvalue weighted by molar-refractivity contribution is 5.86. The molecule has 0 aliphatic carbocycles. The van der Waals surface area contributed by atoms with Gasteiger partial charge in [0.25, 0.3) is 0 Å². The summed E-state index contributed by atoms with van der Waals surface area (Å²) in [5, 5.41) is 1.63. The smallest absolute Gasteiger partial charge is 0.328 e. The van der Waals surface area contributed by atoms with E-state index in [9.17, 15) is 9.59 Å². The summed E-state index contributed by atoms with van der Waals surface area (Å²) in [6.07, 6.45) is -0.242. The number of hydrogen-bond donors (Lipinski definition) is 0. The van der Waals surface area contributed by atoms with Gasteiger partial charge in [0.1, 0.15) is 11.6 Å². The van der Waals surface area contributed by atoms with Crippen LogP contribution in [0.25, 0.3) is 0 Å². The number of rotatable bonds is 3. The average Bonchev–Trinajstić information content (AvgIpc) is 3.04. The number of carbonyl (C=O) groups excluding carboxylic acids is 2. The van der Waals surface area contributed by atoms with Crippen molar-refractivity contribution in [2.24, 2.45) is 0 Å². The second kappa shape index (κ2) is 5.50. The SMILES string of the molecule is COC(=O)[C@@H]1C[C@]2(OC)c3ccccc3N(OC)[C@@H]2N1C(C)=O. The Bertz CT molecular complexity index is 649. The largest absolute Gasteiger partial charge is 0.467 e. The fraction of sp³-hybridized carbons (Fsp3) is 0.500. The number of benzene rings is 1. The zero-order valence-electron chi connectivity index (χ0n) is 13.6. The van der Waals surface area contributed by atoms with Crippen LogP contribution in [0.15, 0.2) is 24.3 Å². The van der Waals surface area contributed by atoms with E-state index in [1.165, 1.54) is 26.0 Å². The lowest BCUT2D eigenvalue weighted by Crippen LogP contribution is -2.54. The topological polar surface area (TPSA) is 68.3 Å². The first-order chi connectivity index (χ1) is 11.0. The summed E-state index contributed by atoms with van der Waals surface area (Å²) >= 11 is 0. The Labute approximate surface area is 134 Å². The lowest BCUT2D eigenvalue weighted by Gasteiger charge is -2.35. The molecule has 124 valence electrons. The van der Waals surface area contributed by atoms with E-state index in [-0.39, 0.29) is 5.91 Å². The molecular weight excluding hydrogens is 300 g/mol. The van der Waals surface area contributed by atoms with Gasteiger partial charge in [0.05, 0.1) is 19.9 Å². The standard InChI is InChI=1S/C16H20N2O5/c1-10(19)17-13(14(20)21-2)9-16(22-3)11-7-5-6-8-12(11)18(23-4)15(16)17/h5-8,13,15H,9H2,1-4H3/t13-,15-,16-/m0/s1. The number of ether oxygens (including phenoxy) is 2. The van der Waals surface area contributed by atoms with E-state index in [0.717, 1.165) is 11.3 Å². The number of hydrogen-bond acceptors (Lipinski definition) is 6. The molecule has 3 atom stereocenters. The summed E-state index contributed by atoms with van der Waals surface area (Å²) in [6.45, 7) is 1.43. The lowest BCUT2D eigenvalue weighted by molar-refractivity contribution is -0.152. The van der Waals surface area contributed by atoms with E-state index < -0.39 is 23.8 Å². The molecule has 0 saturated carbocycles. The van der Waals surface area contributed by atoms with Crippen molar-refractivity contribution in [2.45, 2.75) is 31.2 Å². The van der Waals surface area contributed by atoms with Gasteiger partial charge in [-0.15, -0.1) is 0 Å². The van der Waals surface area contributed by atoms with Crippen molar-refractivity contribution in [3.8, 4) is 0 Å². The first kappa shape index (κ1) is 15.8. The summed E-state index contributed by atoms with van der Waals surface area (Å²) < 4.78 is 10.7. The number of hydroxylamine groups is 1. The quantitative estimate of drug-likeness (QED) is 0.775. The maximum atomic E-state index is 12.3. The molecule has 2 aliphatic rings. The maximum absolute atomic E-state index is 12.3. The second-order valence-corrected chi connectivity index (χ2v) is 5.66. The molecule has 0 spiro atoms. The monoisotopic (exact) mass is 320 g/mol. The van der Waals surface area contributed by atoms with E-state index in [0.29, 0.717) is 6.42 Å². The molecule has 2 aliphatic heterocycles. The van der Waals surface area contributed by atoms with Crippen LogP contribution < -0.4 is 5.06 Å². The zero-order valence-corrected chi connectivity index (χ0v) is 13.6. The normalized spacial score (nSPS) is 28.5.